The van der Waals surface area contributed by atoms with Crippen LogP contribution in [0.25, 0.3) is 11.1 Å². The highest BCUT2D eigenvalue weighted by Crippen LogP contribution is 2.30. The second kappa shape index (κ2) is 9.62. The van der Waals surface area contributed by atoms with Crippen molar-refractivity contribution < 1.29 is 4.74 Å². The van der Waals surface area contributed by atoms with Gasteiger partial charge in [-0.25, -0.2) is 0 Å². The Balaban J connectivity index is 1.61. The average Bonchev–Trinajstić information content (AvgIpc) is 2.81. The molecule has 0 unspecified atom stereocenters. The lowest BCUT2D eigenvalue weighted by Crippen LogP contribution is -2.48. The van der Waals surface area contributed by atoms with Gasteiger partial charge < -0.3 is 14.6 Å². The van der Waals surface area contributed by atoms with Crippen molar-refractivity contribution >= 4 is 0 Å². The van der Waals surface area contributed by atoms with Crippen molar-refractivity contribution in [2.45, 2.75) is 19.3 Å². The SMILES string of the molecule is CN1CCN(CC(C)(C)c2cc(-c3ccc(Oc4ccccc4)cc3)c(C#N)c(=O)[nH]2)CC1. The van der Waals surface area contributed by atoms with Crippen molar-refractivity contribution in [3.8, 4) is 28.7 Å². The lowest BCUT2D eigenvalue weighted by atomic mass is 9.85. The van der Waals surface area contributed by atoms with Crippen LogP contribution in [0, 0.1) is 11.3 Å². The van der Waals surface area contributed by atoms with Crippen LogP contribution in [0.15, 0.2) is 65.5 Å². The van der Waals surface area contributed by atoms with E-state index in [1.807, 2.05) is 60.7 Å². The van der Waals surface area contributed by atoms with Gasteiger partial charge >= 0.3 is 0 Å². The summed E-state index contributed by atoms with van der Waals surface area (Å²) >= 11 is 0. The number of nitrogens with one attached hydrogen (secondary N) is 1. The van der Waals surface area contributed by atoms with Gasteiger partial charge in [0.05, 0.1) is 0 Å². The van der Waals surface area contributed by atoms with Crippen molar-refractivity contribution in [3.05, 3.63) is 82.3 Å². The summed E-state index contributed by atoms with van der Waals surface area (Å²) in [7, 11) is 2.14. The summed E-state index contributed by atoms with van der Waals surface area (Å²) < 4.78 is 5.88. The summed E-state index contributed by atoms with van der Waals surface area (Å²) in [5, 5.41) is 9.68. The largest absolute Gasteiger partial charge is 0.457 e. The standard InChI is InChI=1S/C27H30N4O2/c1-27(2,19-31-15-13-30(3)14-16-31)25-17-23(24(18-28)26(32)29-25)20-9-11-22(12-10-20)33-21-7-5-4-6-8-21/h4-12,17H,13-16,19H2,1-3H3,(H,29,32). The van der Waals surface area contributed by atoms with E-state index in [1.54, 1.807) is 0 Å². The molecular weight excluding hydrogens is 412 g/mol. The summed E-state index contributed by atoms with van der Waals surface area (Å²) in [6, 6.07) is 21.1. The van der Waals surface area contributed by atoms with Crippen LogP contribution in [-0.2, 0) is 5.41 Å². The fourth-order valence-electron chi connectivity index (χ4n) is 4.24. The minimum absolute atomic E-state index is 0.130. The van der Waals surface area contributed by atoms with Crippen molar-refractivity contribution in [2.24, 2.45) is 0 Å². The second-order valence-corrected chi connectivity index (χ2v) is 9.32. The van der Waals surface area contributed by atoms with E-state index in [2.05, 4.69) is 41.7 Å². The van der Waals surface area contributed by atoms with Crippen molar-refractivity contribution in [1.29, 1.82) is 5.26 Å². The number of nitrogens with zero attached hydrogens (tertiary/aromatic N) is 3. The van der Waals surface area contributed by atoms with Gasteiger partial charge in [0.25, 0.3) is 5.56 Å². The number of likely N-dealkylation sites (N-methyl/N-ethyl adjacent to an activating group) is 1. The fraction of sp³-hybridized carbons (Fsp3) is 0.333. The van der Waals surface area contributed by atoms with Gasteiger partial charge in [0.2, 0.25) is 0 Å². The third-order valence-electron chi connectivity index (χ3n) is 6.23. The maximum absolute atomic E-state index is 12.8. The highest BCUT2D eigenvalue weighted by molar-refractivity contribution is 5.71. The molecule has 3 aromatic rings. The summed E-state index contributed by atoms with van der Waals surface area (Å²) in [6.07, 6.45) is 0. The van der Waals surface area contributed by atoms with Crippen LogP contribution in [0.2, 0.25) is 0 Å². The van der Waals surface area contributed by atoms with Crippen LogP contribution in [0.4, 0.5) is 0 Å². The zero-order valence-corrected chi connectivity index (χ0v) is 19.5. The number of piperazine rings is 1. The number of hydrogen-bond acceptors (Lipinski definition) is 5. The molecule has 0 radical (unpaired) electrons. The Kier molecular flexibility index (Phi) is 6.64. The first kappa shape index (κ1) is 22.8. The topological polar surface area (TPSA) is 72.4 Å². The Morgan fingerprint density at radius 1 is 1.00 bits per heavy atom. The third kappa shape index (κ3) is 5.33. The van der Waals surface area contributed by atoms with E-state index in [0.717, 1.165) is 49.7 Å². The highest BCUT2D eigenvalue weighted by atomic mass is 16.5. The Labute approximate surface area is 195 Å². The molecule has 1 saturated heterocycles. The molecule has 0 bridgehead atoms. The molecule has 0 amide bonds. The van der Waals surface area contributed by atoms with Crippen molar-refractivity contribution in [3.63, 3.8) is 0 Å². The molecule has 6 nitrogen and oxygen atoms in total. The van der Waals surface area contributed by atoms with Gasteiger partial charge in [-0.05, 0) is 42.9 Å². The Morgan fingerprint density at radius 3 is 2.27 bits per heavy atom. The van der Waals surface area contributed by atoms with Gasteiger partial charge in [0, 0.05) is 49.4 Å². The van der Waals surface area contributed by atoms with Crippen LogP contribution in [0.3, 0.4) is 0 Å². The quantitative estimate of drug-likeness (QED) is 0.619. The maximum atomic E-state index is 12.8. The number of benzene rings is 2. The first-order valence-corrected chi connectivity index (χ1v) is 11.3. The molecule has 0 aliphatic carbocycles. The molecule has 1 aliphatic heterocycles. The van der Waals surface area contributed by atoms with E-state index >= 15 is 0 Å². The number of ether oxygens (including phenoxy) is 1. The van der Waals surface area contributed by atoms with E-state index in [1.165, 1.54) is 0 Å². The molecule has 2 aromatic carbocycles. The van der Waals surface area contributed by atoms with Gasteiger partial charge in [-0.15, -0.1) is 0 Å². The molecule has 1 aliphatic rings. The van der Waals surface area contributed by atoms with Crippen LogP contribution in [-0.4, -0.2) is 54.6 Å². The Hall–Kier alpha value is -3.40. The summed E-state index contributed by atoms with van der Waals surface area (Å²) in [6.45, 7) is 9.23. The molecule has 33 heavy (non-hydrogen) atoms. The Bertz CT molecular complexity index is 1190. The molecular formula is C27H30N4O2. The third-order valence-corrected chi connectivity index (χ3v) is 6.23. The molecule has 0 saturated carbocycles. The van der Waals surface area contributed by atoms with Crippen LogP contribution in [0.5, 0.6) is 11.5 Å². The van der Waals surface area contributed by atoms with Crippen molar-refractivity contribution in [1.82, 2.24) is 14.8 Å². The number of pyridine rings is 1. The molecule has 2 heterocycles. The molecule has 170 valence electrons. The Morgan fingerprint density at radius 2 is 1.64 bits per heavy atom. The molecule has 1 fully saturated rings. The first-order chi connectivity index (χ1) is 15.9. The molecule has 0 spiro atoms. The van der Waals surface area contributed by atoms with Gasteiger partial charge in [-0.1, -0.05) is 44.2 Å². The van der Waals surface area contributed by atoms with Crippen LogP contribution < -0.4 is 10.3 Å². The van der Waals surface area contributed by atoms with Gasteiger partial charge in [-0.2, -0.15) is 5.26 Å². The molecule has 0 atom stereocenters. The minimum atomic E-state index is -0.346. The van der Waals surface area contributed by atoms with Crippen LogP contribution in [0.1, 0.15) is 25.1 Å². The second-order valence-electron chi connectivity index (χ2n) is 9.32. The number of aromatic amines is 1. The van der Waals surface area contributed by atoms with Gasteiger partial charge in [0.15, 0.2) is 0 Å². The van der Waals surface area contributed by atoms with E-state index in [0.29, 0.717) is 11.3 Å². The predicted molar refractivity (Wildman–Crippen MR) is 131 cm³/mol. The van der Waals surface area contributed by atoms with E-state index in [-0.39, 0.29) is 16.5 Å². The lowest BCUT2D eigenvalue weighted by Gasteiger charge is -2.37. The van der Waals surface area contributed by atoms with Crippen molar-refractivity contribution in [2.75, 3.05) is 39.8 Å². The molecule has 1 aromatic heterocycles. The number of aromatic nitrogens is 1. The lowest BCUT2D eigenvalue weighted by molar-refractivity contribution is 0.132. The number of para-hydroxylation sites is 1. The van der Waals surface area contributed by atoms with Gasteiger partial charge in [-0.3, -0.25) is 9.69 Å². The highest BCUT2D eigenvalue weighted by Gasteiger charge is 2.28. The average molecular weight is 443 g/mol. The minimum Gasteiger partial charge on any atom is -0.457 e. The number of hydrogen-bond donors (Lipinski definition) is 1. The molecule has 4 rings (SSSR count). The normalized spacial score (nSPS) is 15.2. The smallest absolute Gasteiger partial charge is 0.266 e. The van der Waals surface area contributed by atoms with E-state index in [9.17, 15) is 10.1 Å². The van der Waals surface area contributed by atoms with E-state index in [4.69, 9.17) is 4.74 Å². The summed E-state index contributed by atoms with van der Waals surface area (Å²) in [4.78, 5) is 20.6. The number of rotatable bonds is 6. The molecule has 6 heteroatoms. The van der Waals surface area contributed by atoms with Gasteiger partial charge in [0.1, 0.15) is 23.1 Å². The first-order valence-electron chi connectivity index (χ1n) is 11.3. The number of H-pyrrole nitrogens is 1. The maximum Gasteiger partial charge on any atom is 0.266 e. The number of nitriles is 1. The zero-order chi connectivity index (χ0) is 23.4. The molecule has 1 N–H and O–H groups in total. The van der Waals surface area contributed by atoms with E-state index < -0.39 is 0 Å². The zero-order valence-electron chi connectivity index (χ0n) is 19.5. The predicted octanol–water partition coefficient (Wildman–Crippen LogP) is 4.23. The monoisotopic (exact) mass is 442 g/mol. The summed E-state index contributed by atoms with van der Waals surface area (Å²) in [5.74, 6) is 1.45. The van der Waals surface area contributed by atoms with Crippen LogP contribution >= 0.6 is 0 Å². The summed E-state index contributed by atoms with van der Waals surface area (Å²) in [5.41, 5.74) is 1.81. The fourth-order valence-corrected chi connectivity index (χ4v) is 4.24.